The van der Waals surface area contributed by atoms with E-state index in [9.17, 15) is 0 Å². The van der Waals surface area contributed by atoms with Crippen LogP contribution in [0.3, 0.4) is 0 Å². The number of para-hydroxylation sites is 1. The molecule has 3 aromatic rings. The monoisotopic (exact) mass is 254 g/mol. The number of nitrogens with two attached hydrogens (primary N) is 1. The van der Waals surface area contributed by atoms with Gasteiger partial charge in [0.1, 0.15) is 17.7 Å². The third kappa shape index (κ3) is 1.94. The van der Waals surface area contributed by atoms with E-state index in [2.05, 4.69) is 9.97 Å². The molecule has 3 rings (SSSR count). The van der Waals surface area contributed by atoms with Crippen molar-refractivity contribution in [2.24, 2.45) is 5.73 Å². The third-order valence-corrected chi connectivity index (χ3v) is 3.02. The summed E-state index contributed by atoms with van der Waals surface area (Å²) in [6.07, 6.45) is 5.40. The maximum Gasteiger partial charge on any atom is 0.147 e. The molecule has 0 atom stereocenters. The van der Waals surface area contributed by atoms with Crippen LogP contribution in [0.2, 0.25) is 0 Å². The van der Waals surface area contributed by atoms with Crippen LogP contribution in [-0.4, -0.2) is 21.5 Å². The van der Waals surface area contributed by atoms with Crippen LogP contribution in [-0.2, 0) is 6.54 Å². The molecule has 0 amide bonds. The van der Waals surface area contributed by atoms with Crippen molar-refractivity contribution in [1.82, 2.24) is 14.4 Å². The Bertz CT molecular complexity index is 720. The van der Waals surface area contributed by atoms with Crippen LogP contribution in [0, 0.1) is 0 Å². The lowest BCUT2D eigenvalue weighted by Crippen LogP contribution is -1.95. The molecule has 0 fully saturated rings. The van der Waals surface area contributed by atoms with Crippen LogP contribution in [0.25, 0.3) is 16.8 Å². The minimum Gasteiger partial charge on any atom is -0.496 e. The summed E-state index contributed by atoms with van der Waals surface area (Å²) in [5.74, 6) is 0.801. The molecule has 0 aliphatic heterocycles. The van der Waals surface area contributed by atoms with E-state index in [0.717, 1.165) is 28.2 Å². The zero-order chi connectivity index (χ0) is 13.2. The summed E-state index contributed by atoms with van der Waals surface area (Å²) in [5, 5.41) is 0. The van der Waals surface area contributed by atoms with Gasteiger partial charge in [-0.05, 0) is 6.07 Å². The first-order valence-corrected chi connectivity index (χ1v) is 5.98. The zero-order valence-corrected chi connectivity index (χ0v) is 10.6. The second kappa shape index (κ2) is 4.70. The second-order valence-corrected chi connectivity index (χ2v) is 4.17. The molecule has 0 spiro atoms. The van der Waals surface area contributed by atoms with E-state index >= 15 is 0 Å². The fourth-order valence-corrected chi connectivity index (χ4v) is 2.12. The largest absolute Gasteiger partial charge is 0.496 e. The summed E-state index contributed by atoms with van der Waals surface area (Å²) < 4.78 is 7.27. The van der Waals surface area contributed by atoms with Gasteiger partial charge in [-0.15, -0.1) is 0 Å². The average molecular weight is 254 g/mol. The number of imidazole rings is 1. The quantitative estimate of drug-likeness (QED) is 0.774. The van der Waals surface area contributed by atoms with Crippen LogP contribution in [0.4, 0.5) is 0 Å². The van der Waals surface area contributed by atoms with Crippen molar-refractivity contribution in [2.45, 2.75) is 6.54 Å². The second-order valence-electron chi connectivity index (χ2n) is 4.17. The highest BCUT2D eigenvalue weighted by molar-refractivity contribution is 5.80. The fraction of sp³-hybridized carbons (Fsp3) is 0.143. The summed E-state index contributed by atoms with van der Waals surface area (Å²) in [6, 6.07) is 7.82. The number of aromatic nitrogens is 3. The van der Waals surface area contributed by atoms with Gasteiger partial charge in [-0.1, -0.05) is 18.2 Å². The Balaban J connectivity index is 2.27. The zero-order valence-electron chi connectivity index (χ0n) is 10.6. The molecule has 2 N–H and O–H groups in total. The molecule has 5 heteroatoms. The highest BCUT2D eigenvalue weighted by atomic mass is 16.5. The van der Waals surface area contributed by atoms with Gasteiger partial charge in [0.05, 0.1) is 12.8 Å². The molecule has 0 radical (unpaired) electrons. The third-order valence-electron chi connectivity index (χ3n) is 3.02. The molecule has 2 heterocycles. The minimum atomic E-state index is 0.410. The molecule has 0 saturated carbocycles. The van der Waals surface area contributed by atoms with E-state index in [4.69, 9.17) is 10.5 Å². The van der Waals surface area contributed by atoms with Gasteiger partial charge in [-0.2, -0.15) is 0 Å². The maximum atomic E-state index is 5.64. The Hall–Kier alpha value is -2.40. The van der Waals surface area contributed by atoms with Crippen molar-refractivity contribution in [3.8, 4) is 16.9 Å². The lowest BCUT2D eigenvalue weighted by molar-refractivity contribution is 0.416. The van der Waals surface area contributed by atoms with E-state index in [0.29, 0.717) is 6.54 Å². The van der Waals surface area contributed by atoms with Crippen molar-refractivity contribution in [3.63, 3.8) is 0 Å². The first-order chi connectivity index (χ1) is 9.33. The van der Waals surface area contributed by atoms with Gasteiger partial charge in [0.2, 0.25) is 0 Å². The molecule has 0 aliphatic rings. The highest BCUT2D eigenvalue weighted by Gasteiger charge is 2.11. The van der Waals surface area contributed by atoms with Crippen LogP contribution in [0.15, 0.2) is 43.0 Å². The molecule has 2 aromatic heterocycles. The Morgan fingerprint density at radius 2 is 2.11 bits per heavy atom. The summed E-state index contributed by atoms with van der Waals surface area (Å²) in [6.45, 7) is 0.410. The fourth-order valence-electron chi connectivity index (χ4n) is 2.12. The number of rotatable bonds is 3. The number of hydrogen-bond donors (Lipinski definition) is 1. The first-order valence-electron chi connectivity index (χ1n) is 5.98. The van der Waals surface area contributed by atoms with E-state index in [1.165, 1.54) is 0 Å². The molecule has 96 valence electrons. The van der Waals surface area contributed by atoms with Gasteiger partial charge in [-0.3, -0.25) is 4.40 Å². The predicted octanol–water partition coefficient (Wildman–Crippen LogP) is 1.86. The molecule has 0 aliphatic carbocycles. The molecule has 5 nitrogen and oxygen atoms in total. The van der Waals surface area contributed by atoms with Gasteiger partial charge in [0.25, 0.3) is 0 Å². The van der Waals surface area contributed by atoms with Crippen LogP contribution < -0.4 is 10.5 Å². The number of fused-ring (bicyclic) bond motifs is 1. The smallest absolute Gasteiger partial charge is 0.147 e. The van der Waals surface area contributed by atoms with Crippen molar-refractivity contribution in [2.75, 3.05) is 7.11 Å². The van der Waals surface area contributed by atoms with Crippen molar-refractivity contribution in [3.05, 3.63) is 48.7 Å². The normalized spacial score (nSPS) is 10.8. The number of ether oxygens (including phenoxy) is 1. The summed E-state index contributed by atoms with van der Waals surface area (Å²) >= 11 is 0. The number of benzene rings is 1. The SMILES string of the molecule is COc1ccccc1-c1cncn2cc(CN)nc12. The van der Waals surface area contributed by atoms with Gasteiger partial charge < -0.3 is 10.5 Å². The molecule has 0 saturated heterocycles. The Labute approximate surface area is 110 Å². The summed E-state index contributed by atoms with van der Waals surface area (Å²) in [7, 11) is 1.66. The Morgan fingerprint density at radius 1 is 1.26 bits per heavy atom. The van der Waals surface area contributed by atoms with E-state index in [1.54, 1.807) is 19.6 Å². The summed E-state index contributed by atoms with van der Waals surface area (Å²) in [4.78, 5) is 8.76. The van der Waals surface area contributed by atoms with Crippen LogP contribution in [0.1, 0.15) is 5.69 Å². The van der Waals surface area contributed by atoms with Crippen molar-refractivity contribution >= 4 is 5.65 Å². The lowest BCUT2D eigenvalue weighted by atomic mass is 10.1. The molecule has 0 bridgehead atoms. The highest BCUT2D eigenvalue weighted by Crippen LogP contribution is 2.31. The number of nitrogens with zero attached hydrogens (tertiary/aromatic N) is 3. The lowest BCUT2D eigenvalue weighted by Gasteiger charge is -2.08. The Morgan fingerprint density at radius 3 is 2.89 bits per heavy atom. The Kier molecular flexibility index (Phi) is 2.89. The van der Waals surface area contributed by atoms with Crippen molar-refractivity contribution < 1.29 is 4.74 Å². The standard InChI is InChI=1S/C14H14N4O/c1-19-13-5-3-2-4-11(13)12-7-16-9-18-8-10(6-15)17-14(12)18/h2-5,7-9H,6,15H2,1H3. The first kappa shape index (κ1) is 11.7. The average Bonchev–Trinajstić information content (AvgIpc) is 2.90. The molecule has 19 heavy (non-hydrogen) atoms. The van der Waals surface area contributed by atoms with Crippen LogP contribution >= 0.6 is 0 Å². The summed E-state index contributed by atoms with van der Waals surface area (Å²) in [5.41, 5.74) is 9.21. The molecule has 1 aromatic carbocycles. The van der Waals surface area contributed by atoms with Crippen molar-refractivity contribution in [1.29, 1.82) is 0 Å². The van der Waals surface area contributed by atoms with Gasteiger partial charge in [0.15, 0.2) is 0 Å². The van der Waals surface area contributed by atoms with E-state index in [-0.39, 0.29) is 0 Å². The van der Waals surface area contributed by atoms with Gasteiger partial charge >= 0.3 is 0 Å². The molecule has 0 unspecified atom stereocenters. The predicted molar refractivity (Wildman–Crippen MR) is 72.9 cm³/mol. The van der Waals surface area contributed by atoms with E-state index < -0.39 is 0 Å². The van der Waals surface area contributed by atoms with Gasteiger partial charge in [0, 0.05) is 30.1 Å². The number of methoxy groups -OCH3 is 1. The maximum absolute atomic E-state index is 5.64. The number of hydrogen-bond acceptors (Lipinski definition) is 4. The van der Waals surface area contributed by atoms with E-state index in [1.807, 2.05) is 34.9 Å². The van der Waals surface area contributed by atoms with Crippen LogP contribution in [0.5, 0.6) is 5.75 Å². The minimum absolute atomic E-state index is 0.410. The molecular formula is C14H14N4O. The van der Waals surface area contributed by atoms with Gasteiger partial charge in [-0.25, -0.2) is 9.97 Å². The molecular weight excluding hydrogens is 240 g/mol. The topological polar surface area (TPSA) is 65.4 Å².